The van der Waals surface area contributed by atoms with Crippen LogP contribution in [0.5, 0.6) is 0 Å². The van der Waals surface area contributed by atoms with Gasteiger partial charge in [-0.3, -0.25) is 9.59 Å². The second kappa shape index (κ2) is 6.84. The van der Waals surface area contributed by atoms with Crippen molar-refractivity contribution in [1.82, 2.24) is 14.5 Å². The van der Waals surface area contributed by atoms with Gasteiger partial charge in [0.2, 0.25) is 0 Å². The lowest BCUT2D eigenvalue weighted by molar-refractivity contribution is -0.149. The largest absolute Gasteiger partial charge is 0.451 e. The van der Waals surface area contributed by atoms with Gasteiger partial charge >= 0.3 is 5.97 Å². The molecule has 1 aromatic carbocycles. The van der Waals surface area contributed by atoms with Crippen molar-refractivity contribution in [2.45, 2.75) is 17.9 Å². The van der Waals surface area contributed by atoms with E-state index in [9.17, 15) is 18.0 Å². The van der Waals surface area contributed by atoms with Gasteiger partial charge in [0.1, 0.15) is 11.4 Å². The highest BCUT2D eigenvalue weighted by molar-refractivity contribution is 7.90. The lowest BCUT2D eigenvalue weighted by Gasteiger charge is -2.15. The molecule has 1 amide bonds. The maximum atomic E-state index is 12.5. The van der Waals surface area contributed by atoms with E-state index in [0.29, 0.717) is 10.2 Å². The van der Waals surface area contributed by atoms with Gasteiger partial charge < -0.3 is 9.15 Å². The molecule has 0 fully saturated rings. The van der Waals surface area contributed by atoms with Gasteiger partial charge in [0.05, 0.1) is 10.4 Å². The fraction of sp³-hybridized carbons (Fsp3) is 0.176. The Morgan fingerprint density at radius 2 is 2.04 bits per heavy atom. The molecule has 144 valence electrons. The topological polar surface area (TPSA) is 120 Å². The molecule has 9 nitrogen and oxygen atoms in total. The Morgan fingerprint density at radius 3 is 2.75 bits per heavy atom. The quantitative estimate of drug-likeness (QED) is 0.578. The highest BCUT2D eigenvalue weighted by atomic mass is 32.2. The molecule has 1 atom stereocenters. The van der Waals surface area contributed by atoms with Gasteiger partial charge in [-0.05, 0) is 30.5 Å². The molecular weight excluding hydrogens is 406 g/mol. The maximum absolute atomic E-state index is 12.5. The second-order valence-corrected chi connectivity index (χ2v) is 8.65. The van der Waals surface area contributed by atoms with Crippen LogP contribution in [0.1, 0.15) is 29.3 Å². The van der Waals surface area contributed by atoms with Crippen molar-refractivity contribution < 1.29 is 27.2 Å². The summed E-state index contributed by atoms with van der Waals surface area (Å²) in [5.74, 6) is -1.32. The molecule has 0 bridgehead atoms. The molecule has 0 saturated carbocycles. The summed E-state index contributed by atoms with van der Waals surface area (Å²) in [6.45, 7) is 0.769. The van der Waals surface area contributed by atoms with Gasteiger partial charge in [-0.2, -0.15) is 0 Å². The van der Waals surface area contributed by atoms with Crippen LogP contribution in [0.15, 0.2) is 51.1 Å². The highest BCUT2D eigenvalue weighted by Gasteiger charge is 2.42. The van der Waals surface area contributed by atoms with E-state index in [4.69, 9.17) is 9.15 Å². The first-order valence-corrected chi connectivity index (χ1v) is 10.4. The summed E-state index contributed by atoms with van der Waals surface area (Å²) in [6.07, 6.45) is -0.906. The summed E-state index contributed by atoms with van der Waals surface area (Å²) in [6, 6.07) is 9.42. The van der Waals surface area contributed by atoms with Crippen LogP contribution >= 0.6 is 11.3 Å². The zero-order valence-corrected chi connectivity index (χ0v) is 16.1. The lowest BCUT2D eigenvalue weighted by Crippen LogP contribution is -2.36. The van der Waals surface area contributed by atoms with Crippen molar-refractivity contribution >= 4 is 33.2 Å². The molecule has 11 heteroatoms. The SMILES string of the molecule is CC(OC(=O)CN1C(=O)c2ccccc2S1(=O)=O)c1nnc(-c2cccs2)o1. The summed E-state index contributed by atoms with van der Waals surface area (Å²) in [5, 5.41) is 9.60. The van der Waals surface area contributed by atoms with E-state index in [1.165, 1.54) is 36.5 Å². The zero-order chi connectivity index (χ0) is 19.9. The molecule has 0 spiro atoms. The summed E-state index contributed by atoms with van der Waals surface area (Å²) < 4.78 is 36.1. The molecule has 1 aliphatic heterocycles. The third-order valence-corrected chi connectivity index (χ3v) is 6.66. The third-order valence-electron chi connectivity index (χ3n) is 4.01. The van der Waals surface area contributed by atoms with E-state index in [1.807, 2.05) is 11.4 Å². The number of esters is 1. The van der Waals surface area contributed by atoms with Gasteiger partial charge in [0.25, 0.3) is 27.7 Å². The molecule has 4 rings (SSSR count). The van der Waals surface area contributed by atoms with Crippen molar-refractivity contribution in [3.63, 3.8) is 0 Å². The van der Waals surface area contributed by atoms with E-state index in [-0.39, 0.29) is 16.3 Å². The molecule has 2 aromatic heterocycles. The van der Waals surface area contributed by atoms with Crippen LogP contribution in [-0.4, -0.2) is 41.3 Å². The van der Waals surface area contributed by atoms with Crippen LogP contribution in [0.25, 0.3) is 10.8 Å². The number of aromatic nitrogens is 2. The normalized spacial score (nSPS) is 16.0. The number of hydrogen-bond donors (Lipinski definition) is 0. The smallest absolute Gasteiger partial charge is 0.327 e. The number of fused-ring (bicyclic) bond motifs is 1. The van der Waals surface area contributed by atoms with Crippen LogP contribution < -0.4 is 0 Å². The van der Waals surface area contributed by atoms with Gasteiger partial charge in [0, 0.05) is 0 Å². The Bertz CT molecular complexity index is 1150. The molecule has 1 aliphatic rings. The van der Waals surface area contributed by atoms with Crippen LogP contribution in [0.3, 0.4) is 0 Å². The first kappa shape index (κ1) is 18.3. The standard InChI is InChI=1S/C17H13N3O6S2/c1-10(15-18-19-16(26-15)12-6-4-8-27-12)25-14(21)9-20-17(22)11-5-2-3-7-13(11)28(20,23)24/h2-8,10H,9H2,1H3. The maximum Gasteiger partial charge on any atom is 0.327 e. The van der Waals surface area contributed by atoms with Crippen molar-refractivity contribution in [2.75, 3.05) is 6.54 Å². The molecule has 0 saturated heterocycles. The summed E-state index contributed by atoms with van der Waals surface area (Å²) in [4.78, 5) is 25.2. The van der Waals surface area contributed by atoms with Crippen molar-refractivity contribution in [2.24, 2.45) is 0 Å². The number of sulfonamides is 1. The number of thiophene rings is 1. The Hall–Kier alpha value is -3.05. The van der Waals surface area contributed by atoms with E-state index in [1.54, 1.807) is 12.1 Å². The number of ether oxygens (including phenoxy) is 1. The highest BCUT2D eigenvalue weighted by Crippen LogP contribution is 2.30. The van der Waals surface area contributed by atoms with Crippen molar-refractivity contribution in [3.8, 4) is 10.8 Å². The molecule has 0 radical (unpaired) electrons. The zero-order valence-electron chi connectivity index (χ0n) is 14.4. The number of hydrogen-bond acceptors (Lipinski definition) is 9. The van der Waals surface area contributed by atoms with Crippen LogP contribution in [0.2, 0.25) is 0 Å². The molecule has 0 N–H and O–H groups in total. The first-order valence-electron chi connectivity index (χ1n) is 8.11. The van der Waals surface area contributed by atoms with Crippen molar-refractivity contribution in [1.29, 1.82) is 0 Å². The van der Waals surface area contributed by atoms with Crippen molar-refractivity contribution in [3.05, 3.63) is 53.2 Å². The van der Waals surface area contributed by atoms with Gasteiger partial charge in [-0.25, -0.2) is 12.7 Å². The minimum atomic E-state index is -4.08. The van der Waals surface area contributed by atoms with Gasteiger partial charge in [-0.15, -0.1) is 21.5 Å². The summed E-state index contributed by atoms with van der Waals surface area (Å²) in [5.41, 5.74) is 0.0286. The predicted octanol–water partition coefficient (Wildman–Crippen LogP) is 2.25. The Labute approximate surface area is 163 Å². The fourth-order valence-electron chi connectivity index (χ4n) is 2.69. The Kier molecular flexibility index (Phi) is 4.47. The Balaban J connectivity index is 1.46. The fourth-order valence-corrected chi connectivity index (χ4v) is 4.85. The monoisotopic (exact) mass is 419 g/mol. The number of benzene rings is 1. The minimum absolute atomic E-state index is 0.0286. The third kappa shape index (κ3) is 3.08. The molecule has 3 heterocycles. The number of amides is 1. The molecule has 1 unspecified atom stereocenters. The van der Waals surface area contributed by atoms with Crippen LogP contribution in [-0.2, 0) is 19.6 Å². The number of nitrogens with zero attached hydrogens (tertiary/aromatic N) is 3. The second-order valence-electron chi connectivity index (χ2n) is 5.87. The molecule has 3 aromatic rings. The van der Waals surface area contributed by atoms with E-state index in [2.05, 4.69) is 10.2 Å². The van der Waals surface area contributed by atoms with E-state index in [0.717, 1.165) is 4.88 Å². The molecular formula is C17H13N3O6S2. The molecule has 0 aliphatic carbocycles. The molecule has 28 heavy (non-hydrogen) atoms. The minimum Gasteiger partial charge on any atom is -0.451 e. The average Bonchev–Trinajstić information content (AvgIpc) is 3.39. The average molecular weight is 419 g/mol. The first-order chi connectivity index (χ1) is 13.4. The summed E-state index contributed by atoms with van der Waals surface area (Å²) in [7, 11) is -4.08. The van der Waals surface area contributed by atoms with Crippen LogP contribution in [0, 0.1) is 0 Å². The van der Waals surface area contributed by atoms with E-state index < -0.39 is 34.5 Å². The number of rotatable bonds is 5. The van der Waals surface area contributed by atoms with Crippen LogP contribution in [0.4, 0.5) is 0 Å². The number of carbonyl (C=O) groups excluding carboxylic acids is 2. The lowest BCUT2D eigenvalue weighted by atomic mass is 10.2. The summed E-state index contributed by atoms with van der Waals surface area (Å²) >= 11 is 1.42. The Morgan fingerprint density at radius 1 is 1.25 bits per heavy atom. The van der Waals surface area contributed by atoms with Gasteiger partial charge in [0.15, 0.2) is 6.10 Å². The number of carbonyl (C=O) groups is 2. The predicted molar refractivity (Wildman–Crippen MR) is 96.8 cm³/mol. The van der Waals surface area contributed by atoms with Gasteiger partial charge in [-0.1, -0.05) is 18.2 Å². The van der Waals surface area contributed by atoms with E-state index >= 15 is 0 Å².